The second kappa shape index (κ2) is 7.31. The molecule has 3 heteroatoms. The molecule has 0 N–H and O–H groups in total. The first kappa shape index (κ1) is 18.0. The number of hydrogen-bond acceptors (Lipinski definition) is 0. The second-order valence-corrected chi connectivity index (χ2v) is 8.44. The molecule has 0 aliphatic heterocycles. The molecule has 2 aliphatic rings. The van der Waals surface area contributed by atoms with Gasteiger partial charge in [0.15, 0.2) is 0 Å². The molecule has 2 aromatic rings. The van der Waals surface area contributed by atoms with E-state index >= 15 is 0 Å². The van der Waals surface area contributed by atoms with E-state index in [-0.39, 0.29) is 10.8 Å². The molecule has 0 saturated heterocycles. The number of benzene rings is 2. The lowest BCUT2D eigenvalue weighted by atomic mass is 9.64. The Kier molecular flexibility index (Phi) is 5.05. The molecule has 1 fully saturated rings. The van der Waals surface area contributed by atoms with Crippen LogP contribution in [0.5, 0.6) is 0 Å². The van der Waals surface area contributed by atoms with Crippen LogP contribution in [0.3, 0.4) is 0 Å². The monoisotopic (exact) mass is 374 g/mol. The molecular weight excluding hydrogens is 350 g/mol. The molecule has 0 nitrogen and oxygen atoms in total. The summed E-state index contributed by atoms with van der Waals surface area (Å²) < 4.78 is 28.7. The quantitative estimate of drug-likeness (QED) is 0.520. The van der Waals surface area contributed by atoms with Gasteiger partial charge >= 0.3 is 0 Å². The van der Waals surface area contributed by atoms with Crippen molar-refractivity contribution in [2.75, 3.05) is 0 Å². The summed E-state index contributed by atoms with van der Waals surface area (Å²) in [6.07, 6.45) is 8.51. The Labute approximate surface area is 159 Å². The molecule has 26 heavy (non-hydrogen) atoms. The molecule has 1 saturated carbocycles. The first-order valence-electron chi connectivity index (χ1n) is 9.84. The van der Waals surface area contributed by atoms with Gasteiger partial charge in [-0.3, -0.25) is 0 Å². The summed E-state index contributed by atoms with van der Waals surface area (Å²) in [4.78, 5) is 0. The summed E-state index contributed by atoms with van der Waals surface area (Å²) in [6, 6.07) is 8.19. The predicted octanol–water partition coefficient (Wildman–Crippen LogP) is 7.53. The third-order valence-electron chi connectivity index (χ3n) is 6.43. The van der Waals surface area contributed by atoms with Crippen LogP contribution in [0.2, 0.25) is 5.02 Å². The normalized spacial score (nSPS) is 24.8. The summed E-state index contributed by atoms with van der Waals surface area (Å²) in [5, 5.41) is 0.0683. The highest BCUT2D eigenvalue weighted by Gasteiger charge is 2.35. The Bertz CT molecular complexity index is 814. The Balaban J connectivity index is 1.65. The fourth-order valence-corrected chi connectivity index (χ4v) is 5.30. The SMILES string of the molecule is CCC[C@@H]1CC[C@@H]2c3cc(F)c(-c4ccc(Cl)c(F)c4)cc3CC[C@@H]2C1. The maximum Gasteiger partial charge on any atom is 0.142 e. The molecule has 4 rings (SSSR count). The average Bonchev–Trinajstić information content (AvgIpc) is 2.63. The van der Waals surface area contributed by atoms with E-state index in [4.69, 9.17) is 11.6 Å². The molecule has 138 valence electrons. The largest absolute Gasteiger partial charge is 0.206 e. The van der Waals surface area contributed by atoms with Gasteiger partial charge in [0.25, 0.3) is 0 Å². The van der Waals surface area contributed by atoms with Gasteiger partial charge in [-0.2, -0.15) is 0 Å². The number of halogens is 3. The van der Waals surface area contributed by atoms with Crippen molar-refractivity contribution >= 4 is 11.6 Å². The van der Waals surface area contributed by atoms with Gasteiger partial charge in [0, 0.05) is 5.56 Å². The van der Waals surface area contributed by atoms with E-state index in [1.807, 2.05) is 6.07 Å². The number of rotatable bonds is 3. The smallest absolute Gasteiger partial charge is 0.142 e. The van der Waals surface area contributed by atoms with Crippen LogP contribution in [0.25, 0.3) is 11.1 Å². The van der Waals surface area contributed by atoms with E-state index in [2.05, 4.69) is 6.92 Å². The lowest BCUT2D eigenvalue weighted by molar-refractivity contribution is 0.201. The van der Waals surface area contributed by atoms with Gasteiger partial charge in [-0.05, 0) is 90.8 Å². The van der Waals surface area contributed by atoms with Gasteiger partial charge in [-0.25, -0.2) is 8.78 Å². The van der Waals surface area contributed by atoms with Gasteiger partial charge in [0.2, 0.25) is 0 Å². The van der Waals surface area contributed by atoms with Crippen LogP contribution in [0, 0.1) is 23.5 Å². The average molecular weight is 375 g/mol. The van der Waals surface area contributed by atoms with Crippen molar-refractivity contribution in [1.82, 2.24) is 0 Å². The minimum Gasteiger partial charge on any atom is -0.206 e. The lowest BCUT2D eigenvalue weighted by Crippen LogP contribution is -2.28. The van der Waals surface area contributed by atoms with Crippen LogP contribution in [-0.4, -0.2) is 0 Å². The Morgan fingerprint density at radius 2 is 1.88 bits per heavy atom. The Morgan fingerprint density at radius 3 is 2.65 bits per heavy atom. The first-order chi connectivity index (χ1) is 12.6. The van der Waals surface area contributed by atoms with Crippen molar-refractivity contribution in [2.24, 2.45) is 11.8 Å². The van der Waals surface area contributed by atoms with E-state index in [9.17, 15) is 8.78 Å². The van der Waals surface area contributed by atoms with Gasteiger partial charge in [-0.15, -0.1) is 0 Å². The second-order valence-electron chi connectivity index (χ2n) is 8.03. The highest BCUT2D eigenvalue weighted by Crippen LogP contribution is 2.48. The maximum absolute atomic E-state index is 14.9. The van der Waals surface area contributed by atoms with Crippen molar-refractivity contribution in [1.29, 1.82) is 0 Å². The maximum atomic E-state index is 14.9. The third kappa shape index (κ3) is 3.29. The third-order valence-corrected chi connectivity index (χ3v) is 6.74. The van der Waals surface area contributed by atoms with E-state index in [1.54, 1.807) is 12.1 Å². The standard InChI is InChI=1S/C23H25ClF2/c1-2-3-14-4-8-18-15(10-14)5-6-16-11-20(22(25)13-19(16)18)17-7-9-21(24)23(26)12-17/h7,9,11-15,18H,2-6,8,10H2,1H3/t14-,15-,18+/m1/s1. The molecule has 0 unspecified atom stereocenters. The predicted molar refractivity (Wildman–Crippen MR) is 104 cm³/mol. The zero-order chi connectivity index (χ0) is 18.3. The Morgan fingerprint density at radius 1 is 1.04 bits per heavy atom. The minimum absolute atomic E-state index is 0.0683. The fourth-order valence-electron chi connectivity index (χ4n) is 5.18. The highest BCUT2D eigenvalue weighted by atomic mass is 35.5. The molecule has 0 heterocycles. The number of fused-ring (bicyclic) bond motifs is 3. The summed E-state index contributed by atoms with van der Waals surface area (Å²) in [5.41, 5.74) is 3.48. The van der Waals surface area contributed by atoms with Crippen LogP contribution in [0.4, 0.5) is 8.78 Å². The molecule has 0 bridgehead atoms. The zero-order valence-corrected chi connectivity index (χ0v) is 16.0. The van der Waals surface area contributed by atoms with E-state index in [0.717, 1.165) is 12.3 Å². The summed E-state index contributed by atoms with van der Waals surface area (Å²) in [6.45, 7) is 2.26. The van der Waals surface area contributed by atoms with Crippen molar-refractivity contribution in [3.05, 3.63) is 58.1 Å². The topological polar surface area (TPSA) is 0 Å². The molecule has 2 aliphatic carbocycles. The highest BCUT2D eigenvalue weighted by molar-refractivity contribution is 6.30. The summed E-state index contributed by atoms with van der Waals surface area (Å²) >= 11 is 5.77. The van der Waals surface area contributed by atoms with E-state index in [0.29, 0.717) is 23.0 Å². The van der Waals surface area contributed by atoms with Gasteiger partial charge < -0.3 is 0 Å². The molecule has 0 amide bonds. The van der Waals surface area contributed by atoms with Crippen LogP contribution in [-0.2, 0) is 6.42 Å². The Hall–Kier alpha value is -1.41. The van der Waals surface area contributed by atoms with Crippen LogP contribution < -0.4 is 0 Å². The van der Waals surface area contributed by atoms with Crippen molar-refractivity contribution in [3.8, 4) is 11.1 Å². The summed E-state index contributed by atoms with van der Waals surface area (Å²) in [7, 11) is 0. The molecule has 0 aromatic heterocycles. The first-order valence-corrected chi connectivity index (χ1v) is 10.2. The van der Waals surface area contributed by atoms with Crippen molar-refractivity contribution in [3.63, 3.8) is 0 Å². The number of aryl methyl sites for hydroxylation is 1. The molecule has 2 aromatic carbocycles. The van der Waals surface area contributed by atoms with Crippen molar-refractivity contribution < 1.29 is 8.78 Å². The number of hydrogen-bond donors (Lipinski definition) is 0. The van der Waals surface area contributed by atoms with Crippen molar-refractivity contribution in [2.45, 2.75) is 57.8 Å². The summed E-state index contributed by atoms with van der Waals surface area (Å²) in [5.74, 6) is 1.30. The fraction of sp³-hybridized carbons (Fsp3) is 0.478. The van der Waals surface area contributed by atoms with Crippen LogP contribution in [0.15, 0.2) is 30.3 Å². The van der Waals surface area contributed by atoms with Gasteiger partial charge in [0.05, 0.1) is 5.02 Å². The zero-order valence-electron chi connectivity index (χ0n) is 15.2. The molecule has 3 atom stereocenters. The van der Waals surface area contributed by atoms with Gasteiger partial charge in [-0.1, -0.05) is 37.4 Å². The molecule has 0 spiro atoms. The molecule has 0 radical (unpaired) electrons. The van der Waals surface area contributed by atoms with Gasteiger partial charge in [0.1, 0.15) is 11.6 Å². The minimum atomic E-state index is -0.504. The lowest BCUT2D eigenvalue weighted by Gasteiger charge is -2.41. The molecular formula is C23H25ClF2. The van der Waals surface area contributed by atoms with E-state index in [1.165, 1.54) is 61.8 Å². The van der Waals surface area contributed by atoms with Crippen LogP contribution in [0.1, 0.15) is 62.5 Å². The van der Waals surface area contributed by atoms with Crippen LogP contribution >= 0.6 is 11.6 Å². The van der Waals surface area contributed by atoms with E-state index < -0.39 is 5.82 Å².